The van der Waals surface area contributed by atoms with Crippen molar-refractivity contribution in [2.45, 2.75) is 64.6 Å². The highest BCUT2D eigenvalue weighted by Crippen LogP contribution is 2.22. The summed E-state index contributed by atoms with van der Waals surface area (Å²) in [5.41, 5.74) is 1.08. The maximum absolute atomic E-state index is 10.8. The summed E-state index contributed by atoms with van der Waals surface area (Å²) in [6.07, 6.45) is 6.56. The third kappa shape index (κ3) is 4.07. The van der Waals surface area contributed by atoms with E-state index in [1.54, 1.807) is 0 Å². The van der Waals surface area contributed by atoms with Crippen molar-refractivity contribution in [3.63, 3.8) is 0 Å². The van der Waals surface area contributed by atoms with Crippen LogP contribution < -0.4 is 0 Å². The van der Waals surface area contributed by atoms with Crippen molar-refractivity contribution in [1.82, 2.24) is 14.7 Å². The number of carboxylic acid groups (broad SMARTS) is 1. The molecule has 1 aliphatic rings. The van der Waals surface area contributed by atoms with Gasteiger partial charge in [0.15, 0.2) is 0 Å². The number of rotatable bonds is 6. The van der Waals surface area contributed by atoms with E-state index in [0.29, 0.717) is 12.1 Å². The topological polar surface area (TPSA) is 58.4 Å². The number of piperidine rings is 1. The van der Waals surface area contributed by atoms with Crippen LogP contribution >= 0.6 is 0 Å². The number of aromatic nitrogens is 2. The van der Waals surface area contributed by atoms with Crippen molar-refractivity contribution in [3.8, 4) is 0 Å². The maximum Gasteiger partial charge on any atom is 0.303 e. The molecule has 0 spiro atoms. The van der Waals surface area contributed by atoms with Crippen LogP contribution in [0.4, 0.5) is 0 Å². The Kier molecular flexibility index (Phi) is 5.17. The Morgan fingerprint density at radius 3 is 2.95 bits per heavy atom. The Labute approximate surface area is 120 Å². The minimum Gasteiger partial charge on any atom is -0.481 e. The Hall–Kier alpha value is -1.36. The van der Waals surface area contributed by atoms with E-state index < -0.39 is 5.97 Å². The molecule has 1 N–H and O–H groups in total. The van der Waals surface area contributed by atoms with Gasteiger partial charge in [-0.2, -0.15) is 5.10 Å². The van der Waals surface area contributed by atoms with E-state index in [4.69, 9.17) is 5.11 Å². The van der Waals surface area contributed by atoms with Gasteiger partial charge in [-0.25, -0.2) is 0 Å². The molecular weight excluding hydrogens is 254 g/mol. The SMILES string of the molecule is CC(C)n1ccc(CN2CCCCC2CCC(=O)O)n1. The molecule has 0 amide bonds. The van der Waals surface area contributed by atoms with E-state index in [-0.39, 0.29) is 6.42 Å². The molecule has 5 heteroatoms. The molecule has 1 aromatic heterocycles. The summed E-state index contributed by atoms with van der Waals surface area (Å²) in [6.45, 7) is 6.13. The quantitative estimate of drug-likeness (QED) is 0.869. The Bertz CT molecular complexity index is 442. The zero-order chi connectivity index (χ0) is 14.5. The standard InChI is InChI=1S/C15H25N3O2/c1-12(2)18-10-8-13(16-18)11-17-9-4-3-5-14(17)6-7-15(19)20/h8,10,12,14H,3-7,9,11H2,1-2H3,(H,19,20). The van der Waals surface area contributed by atoms with Gasteiger partial charge in [0.25, 0.3) is 0 Å². The number of nitrogens with zero attached hydrogens (tertiary/aromatic N) is 3. The first kappa shape index (κ1) is 15.0. The Morgan fingerprint density at radius 2 is 2.30 bits per heavy atom. The predicted octanol–water partition coefficient (Wildman–Crippen LogP) is 2.68. The van der Waals surface area contributed by atoms with Gasteiger partial charge in [-0.3, -0.25) is 14.4 Å². The van der Waals surface area contributed by atoms with Gasteiger partial charge in [-0.05, 0) is 45.7 Å². The minimum atomic E-state index is -0.695. The summed E-state index contributed by atoms with van der Waals surface area (Å²) in [4.78, 5) is 13.2. The first-order valence-corrected chi connectivity index (χ1v) is 7.56. The van der Waals surface area contributed by atoms with Gasteiger partial charge in [0.2, 0.25) is 0 Å². The third-order valence-corrected chi connectivity index (χ3v) is 4.00. The van der Waals surface area contributed by atoms with Crippen molar-refractivity contribution in [3.05, 3.63) is 18.0 Å². The number of carbonyl (C=O) groups is 1. The lowest BCUT2D eigenvalue weighted by molar-refractivity contribution is -0.137. The molecule has 0 bridgehead atoms. The van der Waals surface area contributed by atoms with Crippen molar-refractivity contribution in [1.29, 1.82) is 0 Å². The van der Waals surface area contributed by atoms with E-state index in [2.05, 4.69) is 29.9 Å². The molecule has 0 aliphatic carbocycles. The molecule has 2 rings (SSSR count). The Balaban J connectivity index is 1.95. The molecular formula is C15H25N3O2. The summed E-state index contributed by atoms with van der Waals surface area (Å²) in [6, 6.07) is 2.85. The molecule has 1 unspecified atom stereocenters. The fourth-order valence-electron chi connectivity index (χ4n) is 2.84. The van der Waals surface area contributed by atoms with E-state index >= 15 is 0 Å². The normalized spacial score (nSPS) is 20.4. The molecule has 0 aromatic carbocycles. The van der Waals surface area contributed by atoms with Gasteiger partial charge in [-0.15, -0.1) is 0 Å². The summed E-state index contributed by atoms with van der Waals surface area (Å²) < 4.78 is 1.98. The molecule has 1 aliphatic heterocycles. The van der Waals surface area contributed by atoms with E-state index in [1.807, 2.05) is 10.9 Å². The van der Waals surface area contributed by atoms with Crippen molar-refractivity contribution >= 4 is 5.97 Å². The second kappa shape index (κ2) is 6.88. The van der Waals surface area contributed by atoms with Crippen LogP contribution in [0.1, 0.15) is 57.7 Å². The number of likely N-dealkylation sites (tertiary alicyclic amines) is 1. The van der Waals surface area contributed by atoms with Gasteiger partial charge in [-0.1, -0.05) is 6.42 Å². The van der Waals surface area contributed by atoms with Crippen LogP contribution in [0.25, 0.3) is 0 Å². The molecule has 1 aromatic rings. The first-order valence-electron chi connectivity index (χ1n) is 7.56. The molecule has 112 valence electrons. The highest BCUT2D eigenvalue weighted by atomic mass is 16.4. The number of hydrogen-bond acceptors (Lipinski definition) is 3. The molecule has 2 heterocycles. The van der Waals surface area contributed by atoms with Gasteiger partial charge in [0, 0.05) is 31.2 Å². The summed E-state index contributed by atoms with van der Waals surface area (Å²) in [5, 5.41) is 13.4. The van der Waals surface area contributed by atoms with Crippen LogP contribution in [0.15, 0.2) is 12.3 Å². The number of carboxylic acids is 1. The lowest BCUT2D eigenvalue weighted by atomic mass is 9.98. The van der Waals surface area contributed by atoms with Crippen LogP contribution in [-0.2, 0) is 11.3 Å². The van der Waals surface area contributed by atoms with Gasteiger partial charge >= 0.3 is 5.97 Å². The number of hydrogen-bond donors (Lipinski definition) is 1. The highest BCUT2D eigenvalue weighted by molar-refractivity contribution is 5.66. The summed E-state index contributed by atoms with van der Waals surface area (Å²) in [7, 11) is 0. The number of aliphatic carboxylic acids is 1. The molecule has 0 radical (unpaired) electrons. The van der Waals surface area contributed by atoms with Crippen molar-refractivity contribution in [2.75, 3.05) is 6.54 Å². The molecule has 1 atom stereocenters. The third-order valence-electron chi connectivity index (χ3n) is 4.00. The predicted molar refractivity (Wildman–Crippen MR) is 77.5 cm³/mol. The van der Waals surface area contributed by atoms with E-state index in [0.717, 1.165) is 31.6 Å². The molecule has 1 saturated heterocycles. The van der Waals surface area contributed by atoms with Crippen molar-refractivity contribution in [2.24, 2.45) is 0 Å². The summed E-state index contributed by atoms with van der Waals surface area (Å²) >= 11 is 0. The van der Waals surface area contributed by atoms with Crippen LogP contribution in [0.3, 0.4) is 0 Å². The molecule has 0 saturated carbocycles. The molecule has 1 fully saturated rings. The maximum atomic E-state index is 10.8. The monoisotopic (exact) mass is 279 g/mol. The molecule has 20 heavy (non-hydrogen) atoms. The van der Waals surface area contributed by atoms with Gasteiger partial charge in [0.05, 0.1) is 5.69 Å². The van der Waals surface area contributed by atoms with Gasteiger partial charge in [0.1, 0.15) is 0 Å². The van der Waals surface area contributed by atoms with Crippen LogP contribution in [0.5, 0.6) is 0 Å². The van der Waals surface area contributed by atoms with Crippen LogP contribution in [0, 0.1) is 0 Å². The molecule has 5 nitrogen and oxygen atoms in total. The minimum absolute atomic E-state index is 0.265. The van der Waals surface area contributed by atoms with Crippen LogP contribution in [0.2, 0.25) is 0 Å². The lowest BCUT2D eigenvalue weighted by Gasteiger charge is -2.35. The average Bonchev–Trinajstić information content (AvgIpc) is 2.86. The van der Waals surface area contributed by atoms with E-state index in [1.165, 1.54) is 12.8 Å². The first-order chi connectivity index (χ1) is 9.56. The average molecular weight is 279 g/mol. The largest absolute Gasteiger partial charge is 0.481 e. The fraction of sp³-hybridized carbons (Fsp3) is 0.733. The second-order valence-electron chi connectivity index (χ2n) is 5.93. The van der Waals surface area contributed by atoms with Crippen molar-refractivity contribution < 1.29 is 9.90 Å². The Morgan fingerprint density at radius 1 is 1.50 bits per heavy atom. The smallest absolute Gasteiger partial charge is 0.303 e. The van der Waals surface area contributed by atoms with E-state index in [9.17, 15) is 4.79 Å². The summed E-state index contributed by atoms with van der Waals surface area (Å²) in [5.74, 6) is -0.695. The second-order valence-corrected chi connectivity index (χ2v) is 5.93. The van der Waals surface area contributed by atoms with Crippen LogP contribution in [-0.4, -0.2) is 38.3 Å². The zero-order valence-corrected chi connectivity index (χ0v) is 12.5. The highest BCUT2D eigenvalue weighted by Gasteiger charge is 2.23. The zero-order valence-electron chi connectivity index (χ0n) is 12.5. The fourth-order valence-corrected chi connectivity index (χ4v) is 2.84. The van der Waals surface area contributed by atoms with Gasteiger partial charge < -0.3 is 5.11 Å². The lowest BCUT2D eigenvalue weighted by Crippen LogP contribution is -2.39.